The molecule has 0 radical (unpaired) electrons. The van der Waals surface area contributed by atoms with Crippen LogP contribution in [0.4, 0.5) is 10.2 Å². The molecule has 13 heavy (non-hydrogen) atoms. The first-order valence-electron chi connectivity index (χ1n) is 3.75. The van der Waals surface area contributed by atoms with Gasteiger partial charge in [0.05, 0.1) is 4.70 Å². The summed E-state index contributed by atoms with van der Waals surface area (Å²) in [7, 11) is 0. The fourth-order valence-electron chi connectivity index (χ4n) is 1.14. The van der Waals surface area contributed by atoms with Crippen molar-refractivity contribution < 1.29 is 4.39 Å². The van der Waals surface area contributed by atoms with Crippen LogP contribution in [0.2, 0.25) is 0 Å². The lowest BCUT2D eigenvalue weighted by molar-refractivity contribution is 0.641. The quantitative estimate of drug-likeness (QED) is 0.727. The Hall–Kier alpha value is -1.20. The average molecular weight is 197 g/mol. The van der Waals surface area contributed by atoms with Crippen LogP contribution in [0.15, 0.2) is 12.3 Å². The summed E-state index contributed by atoms with van der Waals surface area (Å²) in [5.41, 5.74) is 10.8. The number of halogens is 1. The lowest BCUT2D eigenvalue weighted by Gasteiger charge is -1.94. The highest BCUT2D eigenvalue weighted by molar-refractivity contribution is 7.19. The second-order valence-electron chi connectivity index (χ2n) is 2.66. The van der Waals surface area contributed by atoms with Crippen LogP contribution in [0, 0.1) is 5.82 Å². The fourth-order valence-corrected chi connectivity index (χ4v) is 2.09. The van der Waals surface area contributed by atoms with Crippen LogP contribution in [0.3, 0.4) is 0 Å². The van der Waals surface area contributed by atoms with Crippen molar-refractivity contribution in [2.45, 2.75) is 6.54 Å². The van der Waals surface area contributed by atoms with Crippen molar-refractivity contribution in [1.82, 2.24) is 4.98 Å². The number of nitrogen functional groups attached to an aromatic ring is 1. The zero-order chi connectivity index (χ0) is 9.42. The Morgan fingerprint density at radius 1 is 1.54 bits per heavy atom. The molecule has 2 aromatic rings. The van der Waals surface area contributed by atoms with E-state index in [0.29, 0.717) is 11.2 Å². The Labute approximate surface area is 78.2 Å². The van der Waals surface area contributed by atoms with E-state index >= 15 is 0 Å². The number of nitrogens with two attached hydrogens (primary N) is 2. The molecule has 3 nitrogen and oxygen atoms in total. The Morgan fingerprint density at radius 3 is 3.00 bits per heavy atom. The van der Waals surface area contributed by atoms with Gasteiger partial charge in [-0.3, -0.25) is 0 Å². The molecule has 0 aromatic carbocycles. The summed E-state index contributed by atoms with van der Waals surface area (Å²) in [6, 6.07) is 1.83. The van der Waals surface area contributed by atoms with E-state index in [0.717, 1.165) is 10.3 Å². The summed E-state index contributed by atoms with van der Waals surface area (Å²) < 4.78 is 13.9. The second-order valence-corrected chi connectivity index (χ2v) is 3.80. The van der Waals surface area contributed by atoms with Gasteiger partial charge in [0, 0.05) is 23.0 Å². The number of anilines is 1. The van der Waals surface area contributed by atoms with E-state index < -0.39 is 5.82 Å². The molecule has 0 amide bonds. The van der Waals surface area contributed by atoms with Gasteiger partial charge in [-0.25, -0.2) is 9.37 Å². The van der Waals surface area contributed by atoms with Gasteiger partial charge in [0.25, 0.3) is 0 Å². The number of thiophene rings is 1. The molecule has 2 heterocycles. The SMILES string of the molecule is NCc1cc2cnc(N)c(F)c2s1. The van der Waals surface area contributed by atoms with Crippen LogP contribution < -0.4 is 11.5 Å². The minimum Gasteiger partial charge on any atom is -0.381 e. The standard InChI is InChI=1S/C8H8FN3S/c9-6-7-4(3-12-8(6)11)1-5(2-10)13-7/h1,3H,2,10H2,(H2,11,12). The van der Waals surface area contributed by atoms with E-state index in [1.165, 1.54) is 11.3 Å². The van der Waals surface area contributed by atoms with Crippen LogP contribution in [0.25, 0.3) is 10.1 Å². The third-order valence-electron chi connectivity index (χ3n) is 1.78. The first-order chi connectivity index (χ1) is 6.22. The van der Waals surface area contributed by atoms with E-state index in [9.17, 15) is 4.39 Å². The van der Waals surface area contributed by atoms with E-state index in [2.05, 4.69) is 4.98 Å². The van der Waals surface area contributed by atoms with Gasteiger partial charge in [-0.2, -0.15) is 0 Å². The van der Waals surface area contributed by atoms with Crippen LogP contribution in [0.1, 0.15) is 4.88 Å². The van der Waals surface area contributed by atoms with Crippen molar-refractivity contribution in [3.05, 3.63) is 23.0 Å². The summed E-state index contributed by atoms with van der Waals surface area (Å²) in [4.78, 5) is 4.65. The van der Waals surface area contributed by atoms with Gasteiger partial charge in [0.15, 0.2) is 11.6 Å². The maximum Gasteiger partial charge on any atom is 0.182 e. The Bertz CT molecular complexity index is 452. The molecule has 0 aliphatic rings. The molecule has 0 saturated carbocycles. The normalized spacial score (nSPS) is 10.9. The molecule has 5 heteroatoms. The summed E-state index contributed by atoms with van der Waals surface area (Å²) >= 11 is 1.32. The van der Waals surface area contributed by atoms with Crippen molar-refractivity contribution in [1.29, 1.82) is 0 Å². The maximum absolute atomic E-state index is 13.3. The molecule has 0 aliphatic heterocycles. The highest BCUT2D eigenvalue weighted by Crippen LogP contribution is 2.29. The Morgan fingerprint density at radius 2 is 2.31 bits per heavy atom. The first-order valence-corrected chi connectivity index (χ1v) is 4.56. The lowest BCUT2D eigenvalue weighted by atomic mass is 10.3. The maximum atomic E-state index is 13.3. The van der Waals surface area contributed by atoms with Crippen molar-refractivity contribution in [3.63, 3.8) is 0 Å². The molecule has 0 spiro atoms. The summed E-state index contributed by atoms with van der Waals surface area (Å²) in [6.07, 6.45) is 1.56. The number of rotatable bonds is 1. The number of hydrogen-bond donors (Lipinski definition) is 2. The molecule has 2 aromatic heterocycles. The van der Waals surface area contributed by atoms with Gasteiger partial charge in [-0.05, 0) is 6.07 Å². The van der Waals surface area contributed by atoms with Crippen molar-refractivity contribution in [2.24, 2.45) is 5.73 Å². The Balaban J connectivity index is 2.76. The number of fused-ring (bicyclic) bond motifs is 1. The van der Waals surface area contributed by atoms with Crippen molar-refractivity contribution in [2.75, 3.05) is 5.73 Å². The molecule has 68 valence electrons. The van der Waals surface area contributed by atoms with Gasteiger partial charge >= 0.3 is 0 Å². The zero-order valence-electron chi connectivity index (χ0n) is 6.75. The van der Waals surface area contributed by atoms with Gasteiger partial charge in [-0.1, -0.05) is 0 Å². The molecule has 4 N–H and O–H groups in total. The molecule has 2 rings (SSSR count). The van der Waals surface area contributed by atoms with Gasteiger partial charge in [0.1, 0.15) is 0 Å². The molecule has 0 bridgehead atoms. The van der Waals surface area contributed by atoms with E-state index in [4.69, 9.17) is 11.5 Å². The zero-order valence-corrected chi connectivity index (χ0v) is 7.57. The molecule has 0 atom stereocenters. The molecular formula is C8H8FN3S. The summed E-state index contributed by atoms with van der Waals surface area (Å²) in [5, 5.41) is 0.761. The van der Waals surface area contributed by atoms with Crippen molar-refractivity contribution in [3.8, 4) is 0 Å². The first kappa shape index (κ1) is 8.40. The number of pyridine rings is 1. The van der Waals surface area contributed by atoms with E-state index in [1.807, 2.05) is 6.07 Å². The summed E-state index contributed by atoms with van der Waals surface area (Å²) in [5.74, 6) is -0.500. The lowest BCUT2D eigenvalue weighted by Crippen LogP contribution is -1.93. The fraction of sp³-hybridized carbons (Fsp3) is 0.125. The summed E-state index contributed by atoms with van der Waals surface area (Å²) in [6.45, 7) is 0.415. The molecule has 0 aliphatic carbocycles. The monoisotopic (exact) mass is 197 g/mol. The highest BCUT2D eigenvalue weighted by atomic mass is 32.1. The van der Waals surface area contributed by atoms with E-state index in [-0.39, 0.29) is 5.82 Å². The predicted molar refractivity (Wildman–Crippen MR) is 51.9 cm³/mol. The van der Waals surface area contributed by atoms with Gasteiger partial charge in [0.2, 0.25) is 0 Å². The van der Waals surface area contributed by atoms with Gasteiger partial charge in [-0.15, -0.1) is 11.3 Å². The minimum atomic E-state index is -0.442. The van der Waals surface area contributed by atoms with Gasteiger partial charge < -0.3 is 11.5 Å². The molecule has 0 saturated heterocycles. The number of aromatic nitrogens is 1. The third kappa shape index (κ3) is 1.26. The van der Waals surface area contributed by atoms with Crippen LogP contribution in [-0.2, 0) is 6.54 Å². The third-order valence-corrected chi connectivity index (χ3v) is 2.95. The molecular weight excluding hydrogens is 189 g/mol. The minimum absolute atomic E-state index is 0.0575. The molecule has 0 unspecified atom stereocenters. The van der Waals surface area contributed by atoms with Crippen LogP contribution in [-0.4, -0.2) is 4.98 Å². The number of hydrogen-bond acceptors (Lipinski definition) is 4. The molecule has 0 fully saturated rings. The highest BCUT2D eigenvalue weighted by Gasteiger charge is 2.09. The van der Waals surface area contributed by atoms with E-state index in [1.54, 1.807) is 6.20 Å². The average Bonchev–Trinajstić information content (AvgIpc) is 2.55. The Kier molecular flexibility index (Phi) is 1.90. The largest absolute Gasteiger partial charge is 0.381 e. The second kappa shape index (κ2) is 2.93. The predicted octanol–water partition coefficient (Wildman–Crippen LogP) is 1.48. The van der Waals surface area contributed by atoms with Crippen molar-refractivity contribution >= 4 is 27.2 Å². The topological polar surface area (TPSA) is 64.9 Å². The van der Waals surface area contributed by atoms with Crippen LogP contribution >= 0.6 is 11.3 Å². The number of nitrogens with zero attached hydrogens (tertiary/aromatic N) is 1. The smallest absolute Gasteiger partial charge is 0.182 e. The van der Waals surface area contributed by atoms with Crippen LogP contribution in [0.5, 0.6) is 0 Å².